The Labute approximate surface area is 144 Å². The number of rotatable bonds is 4. The van der Waals surface area contributed by atoms with E-state index in [0.29, 0.717) is 17.9 Å². The molecule has 0 unspecified atom stereocenters. The van der Waals surface area contributed by atoms with Gasteiger partial charge < -0.3 is 14.7 Å². The maximum Gasteiger partial charge on any atom is 0.341 e. The average Bonchev–Trinajstić information content (AvgIpc) is 3.00. The second-order valence-electron chi connectivity index (χ2n) is 5.97. The lowest BCUT2D eigenvalue weighted by molar-refractivity contribution is -0.139. The van der Waals surface area contributed by atoms with Crippen LogP contribution in [0.4, 0.5) is 0 Å². The van der Waals surface area contributed by atoms with Crippen LogP contribution in [-0.2, 0) is 17.8 Å². The predicted octanol–water partition coefficient (Wildman–Crippen LogP) is 3.03. The van der Waals surface area contributed by atoms with Gasteiger partial charge in [-0.25, -0.2) is 4.79 Å². The zero-order valence-corrected chi connectivity index (χ0v) is 14.5. The first-order chi connectivity index (χ1) is 11.5. The van der Waals surface area contributed by atoms with Crippen molar-refractivity contribution >= 4 is 23.2 Å². The Hall–Kier alpha value is -2.34. The van der Waals surface area contributed by atoms with Crippen LogP contribution in [-0.4, -0.2) is 35.0 Å². The van der Waals surface area contributed by atoms with Gasteiger partial charge in [-0.3, -0.25) is 4.79 Å². The summed E-state index contributed by atoms with van der Waals surface area (Å²) in [6.45, 7) is 4.64. The molecule has 0 spiro atoms. The number of aryl methyl sites for hydroxylation is 2. The summed E-state index contributed by atoms with van der Waals surface area (Å²) in [5.74, 6) is -0.482. The first-order valence-electron chi connectivity index (χ1n) is 7.76. The molecule has 0 radical (unpaired) electrons. The van der Waals surface area contributed by atoms with E-state index in [1.165, 1.54) is 10.4 Å². The molecule has 1 aromatic carbocycles. The van der Waals surface area contributed by atoms with E-state index in [4.69, 9.17) is 9.84 Å². The highest BCUT2D eigenvalue weighted by molar-refractivity contribution is 7.10. The number of hydrogen-bond donors (Lipinski definition) is 1. The molecule has 0 atom stereocenters. The van der Waals surface area contributed by atoms with Crippen molar-refractivity contribution in [1.82, 2.24) is 4.90 Å². The third-order valence-electron chi connectivity index (χ3n) is 4.14. The van der Waals surface area contributed by atoms with Gasteiger partial charge in [0.2, 0.25) is 0 Å². The van der Waals surface area contributed by atoms with Crippen LogP contribution < -0.4 is 4.74 Å². The highest BCUT2D eigenvalue weighted by Crippen LogP contribution is 2.28. The number of fused-ring (bicyclic) bond motifs is 1. The minimum atomic E-state index is -1.02. The fraction of sp³-hybridized carbons (Fsp3) is 0.333. The van der Waals surface area contributed by atoms with Crippen molar-refractivity contribution in [3.05, 3.63) is 50.7 Å². The van der Waals surface area contributed by atoms with E-state index in [-0.39, 0.29) is 12.5 Å². The van der Waals surface area contributed by atoms with Crippen molar-refractivity contribution in [2.24, 2.45) is 0 Å². The summed E-state index contributed by atoms with van der Waals surface area (Å²) in [5.41, 5.74) is 3.39. The van der Waals surface area contributed by atoms with Gasteiger partial charge in [0.1, 0.15) is 5.75 Å². The number of carboxylic acids is 1. The van der Waals surface area contributed by atoms with Crippen molar-refractivity contribution in [3.8, 4) is 5.75 Å². The summed E-state index contributed by atoms with van der Waals surface area (Å²) < 4.78 is 5.32. The Bertz CT molecular complexity index is 773. The van der Waals surface area contributed by atoms with Gasteiger partial charge in [0.15, 0.2) is 6.61 Å². The third kappa shape index (κ3) is 3.28. The van der Waals surface area contributed by atoms with Crippen LogP contribution in [0.3, 0.4) is 0 Å². The van der Waals surface area contributed by atoms with Gasteiger partial charge in [-0.2, -0.15) is 0 Å². The Morgan fingerprint density at radius 1 is 1.29 bits per heavy atom. The molecule has 3 rings (SSSR count). The SMILES string of the molecule is Cc1cc(C(=O)N2CCc3sccc3C2)cc(C)c1OCC(=O)O. The highest BCUT2D eigenvalue weighted by atomic mass is 32.1. The van der Waals surface area contributed by atoms with Crippen molar-refractivity contribution in [2.75, 3.05) is 13.2 Å². The van der Waals surface area contributed by atoms with Crippen LogP contribution in [0, 0.1) is 13.8 Å². The molecule has 24 heavy (non-hydrogen) atoms. The molecular weight excluding hydrogens is 326 g/mol. The number of carbonyl (C=O) groups is 2. The standard InChI is InChI=1S/C18H19NO4S/c1-11-7-14(8-12(2)17(11)23-10-16(20)21)18(22)19-5-3-15-13(9-19)4-6-24-15/h4,6-8H,3,5,9-10H2,1-2H3,(H,20,21). The Morgan fingerprint density at radius 2 is 2.00 bits per heavy atom. The molecule has 1 N–H and O–H groups in total. The number of carbonyl (C=O) groups excluding carboxylic acids is 1. The Morgan fingerprint density at radius 3 is 2.67 bits per heavy atom. The maximum absolute atomic E-state index is 12.8. The maximum atomic E-state index is 12.8. The number of amides is 1. The number of hydrogen-bond acceptors (Lipinski definition) is 4. The van der Waals surface area contributed by atoms with Gasteiger partial charge in [-0.1, -0.05) is 0 Å². The van der Waals surface area contributed by atoms with Crippen molar-refractivity contribution in [3.63, 3.8) is 0 Å². The fourth-order valence-corrected chi connectivity index (χ4v) is 3.93. The van der Waals surface area contributed by atoms with Gasteiger partial charge in [-0.15, -0.1) is 11.3 Å². The number of thiophene rings is 1. The zero-order chi connectivity index (χ0) is 17.3. The molecule has 0 bridgehead atoms. The lowest BCUT2D eigenvalue weighted by Crippen LogP contribution is -2.35. The van der Waals surface area contributed by atoms with E-state index in [2.05, 4.69) is 11.4 Å². The van der Waals surface area contributed by atoms with Crippen LogP contribution >= 0.6 is 11.3 Å². The molecule has 0 fully saturated rings. The lowest BCUT2D eigenvalue weighted by atomic mass is 10.0. The zero-order valence-electron chi connectivity index (χ0n) is 13.7. The van der Waals surface area contributed by atoms with Gasteiger partial charge in [-0.05, 0) is 60.5 Å². The topological polar surface area (TPSA) is 66.8 Å². The van der Waals surface area contributed by atoms with E-state index in [9.17, 15) is 9.59 Å². The molecule has 126 valence electrons. The molecule has 2 heterocycles. The van der Waals surface area contributed by atoms with Crippen molar-refractivity contribution < 1.29 is 19.4 Å². The van der Waals surface area contributed by atoms with Crippen LogP contribution in [0.5, 0.6) is 5.75 Å². The quantitative estimate of drug-likeness (QED) is 0.925. The molecule has 1 aliphatic heterocycles. The van der Waals surface area contributed by atoms with Crippen LogP contribution in [0.1, 0.15) is 31.9 Å². The molecular formula is C18H19NO4S. The number of nitrogens with zero attached hydrogens (tertiary/aromatic N) is 1. The second-order valence-corrected chi connectivity index (χ2v) is 6.97. The molecule has 1 aromatic heterocycles. The number of benzene rings is 1. The summed E-state index contributed by atoms with van der Waals surface area (Å²) in [4.78, 5) is 26.7. The predicted molar refractivity (Wildman–Crippen MR) is 91.8 cm³/mol. The summed E-state index contributed by atoms with van der Waals surface area (Å²) in [5, 5.41) is 10.8. The van der Waals surface area contributed by atoms with Crippen molar-refractivity contribution in [2.45, 2.75) is 26.8 Å². The average molecular weight is 345 g/mol. The third-order valence-corrected chi connectivity index (χ3v) is 5.17. The second kappa shape index (κ2) is 6.65. The molecule has 5 nitrogen and oxygen atoms in total. The van der Waals surface area contributed by atoms with Crippen LogP contribution in [0.15, 0.2) is 23.6 Å². The molecule has 1 amide bonds. The number of carboxylic acid groups (broad SMARTS) is 1. The van der Waals surface area contributed by atoms with Crippen molar-refractivity contribution in [1.29, 1.82) is 0 Å². The minimum Gasteiger partial charge on any atom is -0.481 e. The summed E-state index contributed by atoms with van der Waals surface area (Å²) in [6.07, 6.45) is 0.899. The van der Waals surface area contributed by atoms with E-state index in [1.807, 2.05) is 18.7 Å². The summed E-state index contributed by atoms with van der Waals surface area (Å²) in [7, 11) is 0. The first kappa shape index (κ1) is 16.5. The van der Waals surface area contributed by atoms with E-state index < -0.39 is 5.97 Å². The number of aliphatic carboxylic acids is 1. The highest BCUT2D eigenvalue weighted by Gasteiger charge is 2.23. The first-order valence-corrected chi connectivity index (χ1v) is 8.64. The minimum absolute atomic E-state index is 0.00262. The fourth-order valence-electron chi connectivity index (χ4n) is 3.04. The van der Waals surface area contributed by atoms with Gasteiger partial charge in [0, 0.05) is 23.5 Å². The van der Waals surface area contributed by atoms with Gasteiger partial charge in [0.05, 0.1) is 0 Å². The summed E-state index contributed by atoms with van der Waals surface area (Å²) in [6, 6.07) is 5.63. The molecule has 2 aromatic rings. The van der Waals surface area contributed by atoms with E-state index in [0.717, 1.165) is 24.1 Å². The summed E-state index contributed by atoms with van der Waals surface area (Å²) >= 11 is 1.75. The van der Waals surface area contributed by atoms with Gasteiger partial charge in [0.25, 0.3) is 5.91 Å². The smallest absolute Gasteiger partial charge is 0.341 e. The normalized spacial score (nSPS) is 13.5. The van der Waals surface area contributed by atoms with E-state index >= 15 is 0 Å². The molecule has 6 heteroatoms. The lowest BCUT2D eigenvalue weighted by Gasteiger charge is -2.27. The molecule has 0 aliphatic carbocycles. The van der Waals surface area contributed by atoms with Gasteiger partial charge >= 0.3 is 5.97 Å². The Kier molecular flexibility index (Phi) is 4.57. The molecule has 1 aliphatic rings. The molecule has 0 saturated heterocycles. The van der Waals surface area contributed by atoms with Crippen LogP contribution in [0.2, 0.25) is 0 Å². The van der Waals surface area contributed by atoms with E-state index in [1.54, 1.807) is 23.5 Å². The monoisotopic (exact) mass is 345 g/mol. The molecule has 0 saturated carbocycles. The Balaban J connectivity index is 1.80. The van der Waals surface area contributed by atoms with Crippen LogP contribution in [0.25, 0.3) is 0 Å². The number of ether oxygens (including phenoxy) is 1. The largest absolute Gasteiger partial charge is 0.481 e.